The third kappa shape index (κ3) is 2.46. The first-order valence-corrected chi connectivity index (χ1v) is 7.14. The van der Waals surface area contributed by atoms with Crippen LogP contribution < -0.4 is 4.90 Å². The molecule has 0 radical (unpaired) electrons. The zero-order valence-corrected chi connectivity index (χ0v) is 12.7. The summed E-state index contributed by atoms with van der Waals surface area (Å²) in [6, 6.07) is 4.68. The lowest BCUT2D eigenvalue weighted by Gasteiger charge is -2.24. The van der Waals surface area contributed by atoms with Crippen LogP contribution in [0.4, 0.5) is 10.1 Å². The van der Waals surface area contributed by atoms with E-state index in [9.17, 15) is 14.0 Å². The topological polar surface area (TPSA) is 37.4 Å². The number of carbonyl (C=O) groups is 2. The third-order valence-corrected chi connectivity index (χ3v) is 4.38. The summed E-state index contributed by atoms with van der Waals surface area (Å²) in [5.74, 6) is -1.41. The average Bonchev–Trinajstić information content (AvgIpc) is 2.64. The summed E-state index contributed by atoms with van der Waals surface area (Å²) in [6.45, 7) is 6.08. The molecule has 1 fully saturated rings. The second kappa shape index (κ2) is 5.20. The molecule has 2 amide bonds. The lowest BCUT2D eigenvalue weighted by Crippen LogP contribution is -2.31. The summed E-state index contributed by atoms with van der Waals surface area (Å²) < 4.78 is 14.3. The molecule has 1 unspecified atom stereocenters. The maximum absolute atomic E-state index is 14.3. The molecule has 0 saturated carbocycles. The number of thiol groups is 1. The molecule has 20 heavy (non-hydrogen) atoms. The number of imide groups is 1. The molecule has 0 spiro atoms. The first kappa shape index (κ1) is 15.0. The van der Waals surface area contributed by atoms with Gasteiger partial charge in [0, 0.05) is 6.42 Å². The average molecular weight is 295 g/mol. The molecule has 0 N–H and O–H groups in total. The number of carbonyl (C=O) groups excluding carboxylic acids is 2. The minimum Gasteiger partial charge on any atom is -0.274 e. The first-order chi connectivity index (χ1) is 9.27. The van der Waals surface area contributed by atoms with E-state index >= 15 is 0 Å². The second-order valence-electron chi connectivity index (χ2n) is 5.69. The zero-order valence-electron chi connectivity index (χ0n) is 11.8. The minimum atomic E-state index is -0.673. The van der Waals surface area contributed by atoms with Crippen LogP contribution in [0, 0.1) is 5.82 Å². The van der Waals surface area contributed by atoms with E-state index in [2.05, 4.69) is 12.6 Å². The van der Waals surface area contributed by atoms with Crippen molar-refractivity contribution in [1.29, 1.82) is 0 Å². The van der Waals surface area contributed by atoms with E-state index in [1.54, 1.807) is 6.07 Å². The quantitative estimate of drug-likeness (QED) is 0.687. The largest absolute Gasteiger partial charge is 0.274 e. The molecule has 1 aromatic carbocycles. The number of anilines is 1. The van der Waals surface area contributed by atoms with E-state index in [0.29, 0.717) is 0 Å². The Hall–Kier alpha value is -1.36. The fourth-order valence-corrected chi connectivity index (χ4v) is 2.45. The van der Waals surface area contributed by atoms with Gasteiger partial charge in [0.2, 0.25) is 11.8 Å². The number of halogens is 1. The van der Waals surface area contributed by atoms with Crippen LogP contribution >= 0.6 is 12.6 Å². The molecule has 1 aromatic rings. The Labute approximate surface area is 123 Å². The number of amides is 2. The maximum Gasteiger partial charge on any atom is 0.247 e. The van der Waals surface area contributed by atoms with Crippen LogP contribution in [-0.4, -0.2) is 17.1 Å². The molecule has 0 aliphatic carbocycles. The van der Waals surface area contributed by atoms with Gasteiger partial charge in [-0.15, -0.1) is 0 Å². The van der Waals surface area contributed by atoms with Crippen molar-refractivity contribution in [3.63, 3.8) is 0 Å². The van der Waals surface area contributed by atoms with E-state index in [0.717, 1.165) is 16.9 Å². The molecule has 1 saturated heterocycles. The fraction of sp³-hybridized carbons (Fsp3) is 0.467. The van der Waals surface area contributed by atoms with Crippen molar-refractivity contribution in [2.45, 2.75) is 44.3 Å². The third-order valence-electron chi connectivity index (χ3n) is 3.98. The van der Waals surface area contributed by atoms with Crippen molar-refractivity contribution in [1.82, 2.24) is 0 Å². The van der Waals surface area contributed by atoms with Gasteiger partial charge in [-0.05, 0) is 29.5 Å². The van der Waals surface area contributed by atoms with Crippen molar-refractivity contribution in [2.24, 2.45) is 0 Å². The van der Waals surface area contributed by atoms with Crippen molar-refractivity contribution in [3.8, 4) is 0 Å². The SMILES string of the molecule is CCC(C)(C)c1ccc(N2C(=O)CC(S)C2=O)c(F)c1. The minimum absolute atomic E-state index is 0.0174. The van der Waals surface area contributed by atoms with Gasteiger partial charge in [0.15, 0.2) is 0 Å². The van der Waals surface area contributed by atoms with Gasteiger partial charge in [-0.3, -0.25) is 9.59 Å². The van der Waals surface area contributed by atoms with Crippen LogP contribution in [0.2, 0.25) is 0 Å². The molecule has 1 aliphatic rings. The summed E-state index contributed by atoms with van der Waals surface area (Å²) in [7, 11) is 0. The smallest absolute Gasteiger partial charge is 0.247 e. The normalized spacial score (nSPS) is 19.9. The standard InChI is InChI=1S/C15H18FNO2S/c1-4-15(2,3)9-5-6-11(10(16)7-9)17-13(18)8-12(20)14(17)19/h5-7,12,20H,4,8H2,1-3H3. The van der Waals surface area contributed by atoms with Crippen molar-refractivity contribution >= 4 is 30.1 Å². The van der Waals surface area contributed by atoms with Crippen LogP contribution in [0.1, 0.15) is 39.2 Å². The van der Waals surface area contributed by atoms with Gasteiger partial charge in [-0.2, -0.15) is 12.6 Å². The summed E-state index contributed by atoms with van der Waals surface area (Å²) in [5.41, 5.74) is 0.722. The number of benzene rings is 1. The number of hydrogen-bond acceptors (Lipinski definition) is 3. The zero-order chi connectivity index (χ0) is 15.1. The molecule has 1 aliphatic heterocycles. The molecular formula is C15H18FNO2S. The number of rotatable bonds is 3. The summed E-state index contributed by atoms with van der Waals surface area (Å²) >= 11 is 4.04. The fourth-order valence-electron chi connectivity index (χ4n) is 2.18. The Morgan fingerprint density at radius 2 is 2.05 bits per heavy atom. The highest BCUT2D eigenvalue weighted by molar-refractivity contribution is 7.82. The Kier molecular flexibility index (Phi) is 3.91. The lowest BCUT2D eigenvalue weighted by molar-refractivity contribution is -0.121. The molecule has 1 heterocycles. The van der Waals surface area contributed by atoms with E-state index in [4.69, 9.17) is 0 Å². The molecule has 1 atom stereocenters. The monoisotopic (exact) mass is 295 g/mol. The highest BCUT2D eigenvalue weighted by atomic mass is 32.1. The van der Waals surface area contributed by atoms with Crippen molar-refractivity contribution in [3.05, 3.63) is 29.6 Å². The van der Waals surface area contributed by atoms with Gasteiger partial charge in [0.1, 0.15) is 5.82 Å². The van der Waals surface area contributed by atoms with Gasteiger partial charge in [0.25, 0.3) is 0 Å². The van der Waals surface area contributed by atoms with Crippen LogP contribution in [0.3, 0.4) is 0 Å². The molecule has 5 heteroatoms. The van der Waals surface area contributed by atoms with Gasteiger partial charge in [-0.25, -0.2) is 9.29 Å². The highest BCUT2D eigenvalue weighted by Crippen LogP contribution is 2.32. The summed E-state index contributed by atoms with van der Waals surface area (Å²) in [4.78, 5) is 24.5. The van der Waals surface area contributed by atoms with Crippen LogP contribution in [0.5, 0.6) is 0 Å². The van der Waals surface area contributed by atoms with E-state index < -0.39 is 22.9 Å². The lowest BCUT2D eigenvalue weighted by atomic mass is 9.82. The van der Waals surface area contributed by atoms with E-state index in [1.807, 2.05) is 20.8 Å². The first-order valence-electron chi connectivity index (χ1n) is 6.63. The summed E-state index contributed by atoms with van der Waals surface area (Å²) in [5, 5.41) is -0.673. The van der Waals surface area contributed by atoms with E-state index in [1.165, 1.54) is 12.1 Å². The van der Waals surface area contributed by atoms with Gasteiger partial charge in [-0.1, -0.05) is 26.8 Å². The molecule has 0 bridgehead atoms. The predicted octanol–water partition coefficient (Wildman–Crippen LogP) is 3.08. The number of hydrogen-bond donors (Lipinski definition) is 1. The van der Waals surface area contributed by atoms with E-state index in [-0.39, 0.29) is 17.5 Å². The Bertz CT molecular complexity index is 571. The molecule has 3 nitrogen and oxygen atoms in total. The van der Waals surface area contributed by atoms with Crippen molar-refractivity contribution < 1.29 is 14.0 Å². The molecule has 0 aromatic heterocycles. The summed E-state index contributed by atoms with van der Waals surface area (Å²) in [6.07, 6.45) is 0.885. The van der Waals surface area contributed by atoms with Gasteiger partial charge >= 0.3 is 0 Å². The predicted molar refractivity (Wildman–Crippen MR) is 79.6 cm³/mol. The van der Waals surface area contributed by atoms with Crippen LogP contribution in [-0.2, 0) is 15.0 Å². The van der Waals surface area contributed by atoms with Gasteiger partial charge < -0.3 is 0 Å². The van der Waals surface area contributed by atoms with Crippen LogP contribution in [0.15, 0.2) is 18.2 Å². The Balaban J connectivity index is 2.41. The number of nitrogens with zero attached hydrogens (tertiary/aromatic N) is 1. The Morgan fingerprint density at radius 3 is 2.50 bits per heavy atom. The van der Waals surface area contributed by atoms with Crippen LogP contribution in [0.25, 0.3) is 0 Å². The molecule has 2 rings (SSSR count). The molecular weight excluding hydrogens is 277 g/mol. The second-order valence-corrected chi connectivity index (χ2v) is 6.31. The highest BCUT2D eigenvalue weighted by Gasteiger charge is 2.38. The molecule has 108 valence electrons. The maximum atomic E-state index is 14.3. The van der Waals surface area contributed by atoms with Crippen molar-refractivity contribution in [2.75, 3.05) is 4.90 Å². The van der Waals surface area contributed by atoms with Gasteiger partial charge in [0.05, 0.1) is 10.9 Å². The Morgan fingerprint density at radius 1 is 1.40 bits per heavy atom.